The Balaban J connectivity index is 1.77. The number of aliphatic hydroxyl groups is 1. The fourth-order valence-corrected chi connectivity index (χ4v) is 3.13. The molecule has 0 aliphatic carbocycles. The molecule has 28 heavy (non-hydrogen) atoms. The van der Waals surface area contributed by atoms with Crippen molar-refractivity contribution in [3.63, 3.8) is 0 Å². The first-order chi connectivity index (χ1) is 13.4. The van der Waals surface area contributed by atoms with Gasteiger partial charge in [0.25, 0.3) is 0 Å². The molecule has 0 aromatic heterocycles. The Labute approximate surface area is 164 Å². The lowest BCUT2D eigenvalue weighted by Gasteiger charge is -2.32. The zero-order valence-corrected chi connectivity index (χ0v) is 16.1. The highest BCUT2D eigenvalue weighted by Crippen LogP contribution is 2.40. The van der Waals surface area contributed by atoms with Crippen molar-refractivity contribution in [2.45, 2.75) is 25.6 Å². The first-order valence-corrected chi connectivity index (χ1v) is 9.13. The van der Waals surface area contributed by atoms with E-state index < -0.39 is 11.8 Å². The van der Waals surface area contributed by atoms with E-state index in [1.807, 2.05) is 48.5 Å². The highest BCUT2D eigenvalue weighted by atomic mass is 16.6. The van der Waals surface area contributed by atoms with E-state index in [-0.39, 0.29) is 0 Å². The maximum atomic E-state index is 11.1. The van der Waals surface area contributed by atoms with Gasteiger partial charge in [-0.2, -0.15) is 0 Å². The van der Waals surface area contributed by atoms with Crippen LogP contribution in [0, 0.1) is 0 Å². The number of hydrogen-bond donors (Lipinski definition) is 1. The van der Waals surface area contributed by atoms with Crippen molar-refractivity contribution in [3.05, 3.63) is 71.8 Å². The molecule has 5 nitrogen and oxygen atoms in total. The van der Waals surface area contributed by atoms with Crippen LogP contribution in [0.1, 0.15) is 30.0 Å². The molecule has 0 amide bonds. The first-order valence-electron chi connectivity index (χ1n) is 9.13. The first kappa shape index (κ1) is 19.7. The molecule has 3 rings (SSSR count). The van der Waals surface area contributed by atoms with Gasteiger partial charge < -0.3 is 19.3 Å². The van der Waals surface area contributed by atoms with Crippen molar-refractivity contribution in [3.8, 4) is 11.5 Å². The van der Waals surface area contributed by atoms with Gasteiger partial charge >= 0.3 is 5.97 Å². The monoisotopic (exact) mass is 380 g/mol. The lowest BCUT2D eigenvalue weighted by Crippen LogP contribution is -2.35. The summed E-state index contributed by atoms with van der Waals surface area (Å²) in [6, 6.07) is 13.4. The van der Waals surface area contributed by atoms with Gasteiger partial charge in [0.05, 0.1) is 13.7 Å². The van der Waals surface area contributed by atoms with E-state index in [0.717, 1.165) is 34.9 Å². The van der Waals surface area contributed by atoms with Gasteiger partial charge in [-0.05, 0) is 48.2 Å². The molecule has 2 aromatic rings. The molecule has 5 heteroatoms. The molecule has 0 saturated carbocycles. The third-order valence-corrected chi connectivity index (χ3v) is 4.61. The number of benzene rings is 2. The molecule has 146 valence electrons. The third kappa shape index (κ3) is 4.43. The van der Waals surface area contributed by atoms with E-state index in [2.05, 4.69) is 6.58 Å². The zero-order chi connectivity index (χ0) is 20.1. The predicted molar refractivity (Wildman–Crippen MR) is 108 cm³/mol. The van der Waals surface area contributed by atoms with Crippen LogP contribution in [0.3, 0.4) is 0 Å². The molecular weight excluding hydrogens is 356 g/mol. The van der Waals surface area contributed by atoms with Gasteiger partial charge in [0, 0.05) is 24.1 Å². The standard InChI is InChI=1S/C23H24O5/c1-4-22(24)27-13-5-6-16-7-8-18-15-20(23(2,25)28-21(18)14-16)17-9-11-19(26-3)12-10-17/h4,7-12,14-15,25H,1,5-6,13H2,2-3H3. The molecule has 0 saturated heterocycles. The van der Waals surface area contributed by atoms with E-state index >= 15 is 0 Å². The number of methoxy groups -OCH3 is 1. The number of carbonyl (C=O) groups is 1. The van der Waals surface area contributed by atoms with Crippen LogP contribution in [0.2, 0.25) is 0 Å². The van der Waals surface area contributed by atoms with Crippen molar-refractivity contribution in [1.29, 1.82) is 0 Å². The van der Waals surface area contributed by atoms with Crippen LogP contribution >= 0.6 is 0 Å². The number of esters is 1. The van der Waals surface area contributed by atoms with Crippen LogP contribution in [-0.4, -0.2) is 30.6 Å². The summed E-state index contributed by atoms with van der Waals surface area (Å²) in [7, 11) is 1.62. The maximum Gasteiger partial charge on any atom is 0.330 e. The summed E-state index contributed by atoms with van der Waals surface area (Å²) in [6.45, 7) is 5.34. The Kier molecular flexibility index (Phi) is 5.85. The molecule has 0 spiro atoms. The van der Waals surface area contributed by atoms with Crippen LogP contribution in [0.25, 0.3) is 11.6 Å². The average molecular weight is 380 g/mol. The fourth-order valence-electron chi connectivity index (χ4n) is 3.13. The molecule has 0 fully saturated rings. The SMILES string of the molecule is C=CC(=O)OCCCc1ccc2c(c1)OC(C)(O)C(c1ccc(OC)cc1)=C2. The summed E-state index contributed by atoms with van der Waals surface area (Å²) in [4.78, 5) is 11.1. The smallest absolute Gasteiger partial charge is 0.330 e. The van der Waals surface area contributed by atoms with E-state index in [9.17, 15) is 9.90 Å². The molecule has 2 aromatic carbocycles. The second-order valence-electron chi connectivity index (χ2n) is 6.72. The molecule has 1 N–H and O–H groups in total. The Morgan fingerprint density at radius 3 is 2.68 bits per heavy atom. The van der Waals surface area contributed by atoms with Crippen molar-refractivity contribution < 1.29 is 24.1 Å². The lowest BCUT2D eigenvalue weighted by atomic mass is 9.92. The van der Waals surface area contributed by atoms with Crippen LogP contribution in [0.5, 0.6) is 11.5 Å². The Hall–Kier alpha value is -3.05. The van der Waals surface area contributed by atoms with Gasteiger partial charge in [-0.3, -0.25) is 0 Å². The summed E-state index contributed by atoms with van der Waals surface area (Å²) in [5.74, 6) is -0.479. The predicted octanol–water partition coefficient (Wildman–Crippen LogP) is 4.00. The van der Waals surface area contributed by atoms with Crippen LogP contribution < -0.4 is 9.47 Å². The van der Waals surface area contributed by atoms with Gasteiger partial charge in [-0.15, -0.1) is 0 Å². The number of aryl methyl sites for hydroxylation is 1. The Bertz CT molecular complexity index is 894. The third-order valence-electron chi connectivity index (χ3n) is 4.61. The summed E-state index contributed by atoms with van der Waals surface area (Å²) < 4.78 is 16.1. The van der Waals surface area contributed by atoms with Crippen LogP contribution in [0.15, 0.2) is 55.1 Å². The quantitative estimate of drug-likeness (QED) is 0.447. The number of rotatable bonds is 7. The fraction of sp³-hybridized carbons (Fsp3) is 0.261. The van der Waals surface area contributed by atoms with Gasteiger partial charge in [-0.1, -0.05) is 30.8 Å². The lowest BCUT2D eigenvalue weighted by molar-refractivity contribution is -0.137. The topological polar surface area (TPSA) is 65.0 Å². The maximum absolute atomic E-state index is 11.1. The van der Waals surface area contributed by atoms with Crippen molar-refractivity contribution in [2.75, 3.05) is 13.7 Å². The second kappa shape index (κ2) is 8.31. The second-order valence-corrected chi connectivity index (χ2v) is 6.72. The van der Waals surface area contributed by atoms with Gasteiger partial charge in [-0.25, -0.2) is 4.79 Å². The van der Waals surface area contributed by atoms with Gasteiger partial charge in [0.15, 0.2) is 0 Å². The van der Waals surface area contributed by atoms with Crippen LogP contribution in [-0.2, 0) is 16.0 Å². The minimum absolute atomic E-state index is 0.335. The number of hydrogen-bond acceptors (Lipinski definition) is 5. The minimum atomic E-state index is -1.44. The molecule has 1 heterocycles. The molecule has 1 aliphatic rings. The summed E-state index contributed by atoms with van der Waals surface area (Å²) in [6.07, 6.45) is 4.53. The van der Waals surface area contributed by atoms with Crippen molar-refractivity contribution >= 4 is 17.6 Å². The molecule has 0 radical (unpaired) electrons. The Morgan fingerprint density at radius 2 is 2.00 bits per heavy atom. The number of ether oxygens (including phenoxy) is 3. The van der Waals surface area contributed by atoms with E-state index in [0.29, 0.717) is 24.4 Å². The van der Waals surface area contributed by atoms with Crippen molar-refractivity contribution in [2.24, 2.45) is 0 Å². The highest BCUT2D eigenvalue weighted by molar-refractivity contribution is 5.88. The number of fused-ring (bicyclic) bond motifs is 1. The summed E-state index contributed by atoms with van der Waals surface area (Å²) in [5.41, 5.74) is 3.50. The van der Waals surface area contributed by atoms with E-state index in [1.165, 1.54) is 0 Å². The molecular formula is C23H24O5. The van der Waals surface area contributed by atoms with Gasteiger partial charge in [0.2, 0.25) is 5.79 Å². The van der Waals surface area contributed by atoms with E-state index in [4.69, 9.17) is 14.2 Å². The van der Waals surface area contributed by atoms with Gasteiger partial charge in [0.1, 0.15) is 11.5 Å². The Morgan fingerprint density at radius 1 is 1.25 bits per heavy atom. The zero-order valence-electron chi connectivity index (χ0n) is 16.1. The van der Waals surface area contributed by atoms with E-state index in [1.54, 1.807) is 14.0 Å². The minimum Gasteiger partial charge on any atom is -0.497 e. The molecule has 1 atom stereocenters. The average Bonchev–Trinajstić information content (AvgIpc) is 2.69. The highest BCUT2D eigenvalue weighted by Gasteiger charge is 2.33. The summed E-state index contributed by atoms with van der Waals surface area (Å²) >= 11 is 0. The largest absolute Gasteiger partial charge is 0.497 e. The molecule has 1 aliphatic heterocycles. The molecule has 0 bridgehead atoms. The van der Waals surface area contributed by atoms with Crippen molar-refractivity contribution in [1.82, 2.24) is 0 Å². The van der Waals surface area contributed by atoms with Crippen LogP contribution in [0.4, 0.5) is 0 Å². The molecule has 1 unspecified atom stereocenters. The summed E-state index contributed by atoms with van der Waals surface area (Å²) in [5, 5.41) is 10.9. The number of carbonyl (C=O) groups excluding carboxylic acids is 1. The normalized spacial score (nSPS) is 17.8.